The van der Waals surface area contributed by atoms with E-state index in [0.717, 1.165) is 39.4 Å². The molecule has 4 aromatic rings. The first-order valence-electron chi connectivity index (χ1n) is 9.07. The highest BCUT2D eigenvalue weighted by Gasteiger charge is 2.15. The van der Waals surface area contributed by atoms with Gasteiger partial charge in [0, 0.05) is 13.1 Å². The van der Waals surface area contributed by atoms with Gasteiger partial charge < -0.3 is 19.7 Å². The Morgan fingerprint density at radius 3 is 2.43 bits per heavy atom. The predicted molar refractivity (Wildman–Crippen MR) is 111 cm³/mol. The lowest BCUT2D eigenvalue weighted by atomic mass is 10.1. The molecule has 1 atom stereocenters. The van der Waals surface area contributed by atoms with Gasteiger partial charge in [0.1, 0.15) is 29.3 Å². The van der Waals surface area contributed by atoms with Gasteiger partial charge in [-0.1, -0.05) is 12.1 Å². The fraction of sp³-hybridized carbons (Fsp3) is 0.182. The molecule has 6 nitrogen and oxygen atoms in total. The molecule has 2 heterocycles. The molecule has 0 aliphatic heterocycles. The van der Waals surface area contributed by atoms with Crippen molar-refractivity contribution in [1.29, 1.82) is 0 Å². The Morgan fingerprint density at radius 2 is 1.75 bits per heavy atom. The van der Waals surface area contributed by atoms with Gasteiger partial charge in [0.15, 0.2) is 0 Å². The lowest BCUT2D eigenvalue weighted by molar-refractivity contribution is 0.414. The molecule has 6 heteroatoms. The topological polar surface area (TPSA) is 72.2 Å². The van der Waals surface area contributed by atoms with E-state index in [0.29, 0.717) is 0 Å². The number of rotatable bonds is 5. The number of hydrogen-bond donors (Lipinski definition) is 2. The van der Waals surface area contributed by atoms with Crippen LogP contribution in [0.25, 0.3) is 22.3 Å². The summed E-state index contributed by atoms with van der Waals surface area (Å²) in [6.45, 7) is 2.10. The normalized spacial score (nSPS) is 12.1. The Bertz CT molecular complexity index is 1100. The monoisotopic (exact) mass is 374 g/mol. The van der Waals surface area contributed by atoms with E-state index in [-0.39, 0.29) is 11.8 Å². The molecule has 0 aliphatic carbocycles. The number of aromatic hydroxyl groups is 1. The number of aromatic nitrogens is 3. The number of phenolic OH excluding ortho intramolecular Hbond substituents is 1. The van der Waals surface area contributed by atoms with Crippen LogP contribution in [-0.4, -0.2) is 26.8 Å². The third-order valence-electron chi connectivity index (χ3n) is 4.96. The van der Waals surface area contributed by atoms with Crippen molar-refractivity contribution in [2.24, 2.45) is 7.05 Å². The Hall–Kier alpha value is -3.54. The van der Waals surface area contributed by atoms with E-state index in [2.05, 4.69) is 28.3 Å². The van der Waals surface area contributed by atoms with Gasteiger partial charge in [-0.3, -0.25) is 0 Å². The number of fused-ring (bicyclic) bond motifs is 1. The highest BCUT2D eigenvalue weighted by Crippen LogP contribution is 2.31. The lowest BCUT2D eigenvalue weighted by Gasteiger charge is -2.15. The molecule has 2 aromatic carbocycles. The largest absolute Gasteiger partial charge is 0.508 e. The van der Waals surface area contributed by atoms with Crippen molar-refractivity contribution in [2.75, 3.05) is 12.4 Å². The maximum atomic E-state index is 9.55. The smallest absolute Gasteiger partial charge is 0.145 e. The van der Waals surface area contributed by atoms with Crippen LogP contribution in [0.4, 0.5) is 5.82 Å². The first kappa shape index (κ1) is 17.9. The zero-order chi connectivity index (χ0) is 19.7. The van der Waals surface area contributed by atoms with Crippen molar-refractivity contribution < 1.29 is 9.84 Å². The number of hydrogen-bond acceptors (Lipinski definition) is 5. The molecule has 0 radical (unpaired) electrons. The van der Waals surface area contributed by atoms with E-state index in [1.54, 1.807) is 25.6 Å². The highest BCUT2D eigenvalue weighted by molar-refractivity contribution is 5.92. The standard InChI is InChI=1S/C22H22N4O2/c1-14(15-6-10-18(28-3)11-7-15)25-21-19-12-20(16-4-8-17(27)9-5-16)26(2)22(19)24-13-23-21/h4-14,27H,1-3H3,(H,23,24,25). The molecule has 2 aromatic heterocycles. The Balaban J connectivity index is 1.69. The van der Waals surface area contributed by atoms with Crippen molar-refractivity contribution in [3.8, 4) is 22.8 Å². The average Bonchev–Trinajstić information content (AvgIpc) is 3.06. The number of phenols is 1. The summed E-state index contributed by atoms with van der Waals surface area (Å²) >= 11 is 0. The van der Waals surface area contributed by atoms with E-state index in [1.165, 1.54) is 0 Å². The van der Waals surface area contributed by atoms with E-state index in [9.17, 15) is 5.11 Å². The molecule has 2 N–H and O–H groups in total. The maximum Gasteiger partial charge on any atom is 0.145 e. The number of nitrogens with zero attached hydrogens (tertiary/aromatic N) is 3. The van der Waals surface area contributed by atoms with Crippen molar-refractivity contribution in [1.82, 2.24) is 14.5 Å². The van der Waals surface area contributed by atoms with Crippen molar-refractivity contribution in [2.45, 2.75) is 13.0 Å². The minimum absolute atomic E-state index is 0.0707. The number of nitrogens with one attached hydrogen (secondary N) is 1. The number of benzene rings is 2. The van der Waals surface area contributed by atoms with Gasteiger partial charge in [-0.05, 0) is 60.5 Å². The number of methoxy groups -OCH3 is 1. The molecule has 0 bridgehead atoms. The van der Waals surface area contributed by atoms with Crippen LogP contribution in [0.5, 0.6) is 11.5 Å². The third kappa shape index (κ3) is 3.24. The summed E-state index contributed by atoms with van der Waals surface area (Å²) in [7, 11) is 3.64. The van der Waals surface area contributed by atoms with Crippen LogP contribution in [0.2, 0.25) is 0 Å². The Labute approximate surface area is 163 Å². The second-order valence-electron chi connectivity index (χ2n) is 6.73. The second kappa shape index (κ2) is 7.23. The fourth-order valence-corrected chi connectivity index (χ4v) is 3.34. The first-order valence-corrected chi connectivity index (χ1v) is 9.07. The molecule has 142 valence electrons. The van der Waals surface area contributed by atoms with E-state index in [4.69, 9.17) is 4.74 Å². The SMILES string of the molecule is COc1ccc(C(C)Nc2ncnc3c2cc(-c2ccc(O)cc2)n3C)cc1. The molecule has 4 rings (SSSR count). The number of anilines is 1. The van der Waals surface area contributed by atoms with E-state index >= 15 is 0 Å². The molecule has 28 heavy (non-hydrogen) atoms. The van der Waals surface area contributed by atoms with Gasteiger partial charge in [-0.15, -0.1) is 0 Å². The quantitative estimate of drug-likeness (QED) is 0.537. The fourth-order valence-electron chi connectivity index (χ4n) is 3.34. The lowest BCUT2D eigenvalue weighted by Crippen LogP contribution is -2.08. The van der Waals surface area contributed by atoms with Gasteiger partial charge in [-0.2, -0.15) is 0 Å². The van der Waals surface area contributed by atoms with Gasteiger partial charge in [0.05, 0.1) is 18.2 Å². The summed E-state index contributed by atoms with van der Waals surface area (Å²) in [6, 6.07) is 17.3. The van der Waals surface area contributed by atoms with Gasteiger partial charge in [-0.25, -0.2) is 9.97 Å². The minimum atomic E-state index is 0.0707. The van der Waals surface area contributed by atoms with Gasteiger partial charge in [0.2, 0.25) is 0 Å². The molecular formula is C22H22N4O2. The summed E-state index contributed by atoms with van der Waals surface area (Å²) in [4.78, 5) is 8.92. The van der Waals surface area contributed by atoms with Crippen LogP contribution < -0.4 is 10.1 Å². The van der Waals surface area contributed by atoms with Crippen LogP contribution in [-0.2, 0) is 7.05 Å². The molecule has 0 fully saturated rings. The van der Waals surface area contributed by atoms with Crippen LogP contribution >= 0.6 is 0 Å². The van der Waals surface area contributed by atoms with Crippen molar-refractivity contribution in [3.05, 3.63) is 66.5 Å². The van der Waals surface area contributed by atoms with Crippen LogP contribution in [0, 0.1) is 0 Å². The zero-order valence-corrected chi connectivity index (χ0v) is 16.0. The predicted octanol–water partition coefficient (Wildman–Crippen LogP) is 4.52. The summed E-state index contributed by atoms with van der Waals surface area (Å²) in [5.74, 6) is 1.87. The molecule has 0 saturated carbocycles. The molecular weight excluding hydrogens is 352 g/mol. The summed E-state index contributed by atoms with van der Waals surface area (Å²) in [6.07, 6.45) is 1.58. The molecule has 1 unspecified atom stereocenters. The Kier molecular flexibility index (Phi) is 4.61. The molecule has 0 spiro atoms. The van der Waals surface area contributed by atoms with E-state index in [1.807, 2.05) is 48.0 Å². The van der Waals surface area contributed by atoms with Gasteiger partial charge in [0.25, 0.3) is 0 Å². The molecule has 0 aliphatic rings. The van der Waals surface area contributed by atoms with Crippen LogP contribution in [0.15, 0.2) is 60.9 Å². The number of aryl methyl sites for hydroxylation is 1. The maximum absolute atomic E-state index is 9.55. The van der Waals surface area contributed by atoms with Crippen LogP contribution in [0.3, 0.4) is 0 Å². The Morgan fingerprint density at radius 1 is 1.04 bits per heavy atom. The first-order chi connectivity index (χ1) is 13.6. The number of ether oxygens (including phenoxy) is 1. The van der Waals surface area contributed by atoms with E-state index < -0.39 is 0 Å². The molecule has 0 saturated heterocycles. The van der Waals surface area contributed by atoms with Gasteiger partial charge >= 0.3 is 0 Å². The zero-order valence-electron chi connectivity index (χ0n) is 16.0. The summed E-state index contributed by atoms with van der Waals surface area (Å²) in [5.41, 5.74) is 4.01. The minimum Gasteiger partial charge on any atom is -0.508 e. The second-order valence-corrected chi connectivity index (χ2v) is 6.73. The highest BCUT2D eigenvalue weighted by atomic mass is 16.5. The average molecular weight is 374 g/mol. The summed E-state index contributed by atoms with van der Waals surface area (Å²) < 4.78 is 7.27. The van der Waals surface area contributed by atoms with Crippen LogP contribution in [0.1, 0.15) is 18.5 Å². The summed E-state index contributed by atoms with van der Waals surface area (Å²) in [5, 5.41) is 14.0. The third-order valence-corrected chi connectivity index (χ3v) is 4.96. The van der Waals surface area contributed by atoms with Crippen molar-refractivity contribution in [3.63, 3.8) is 0 Å². The molecule has 0 amide bonds. The van der Waals surface area contributed by atoms with Crippen molar-refractivity contribution >= 4 is 16.9 Å².